The van der Waals surface area contributed by atoms with Crippen molar-refractivity contribution < 1.29 is 9.32 Å². The molecule has 0 aliphatic heterocycles. The minimum Gasteiger partial charge on any atom is -0.360 e. The maximum atomic E-state index is 13.1. The lowest BCUT2D eigenvalue weighted by molar-refractivity contribution is -0.113. The summed E-state index contributed by atoms with van der Waals surface area (Å²) in [5.41, 5.74) is 1.65. The highest BCUT2D eigenvalue weighted by molar-refractivity contribution is 7.99. The third kappa shape index (κ3) is 4.60. The summed E-state index contributed by atoms with van der Waals surface area (Å²) in [6.07, 6.45) is 0.693. The Morgan fingerprint density at radius 3 is 2.67 bits per heavy atom. The average molecular weight is 420 g/mol. The van der Waals surface area contributed by atoms with Gasteiger partial charge < -0.3 is 9.84 Å². The minimum atomic E-state index is -0.245. The molecular weight excluding hydrogens is 400 g/mol. The SMILES string of the molecule is Cc1cc(NC(=O)CSc2nc3ccccc3c(=O)n2CCc2ccccc2)no1. The fraction of sp³-hybridized carbons (Fsp3) is 0.182. The van der Waals surface area contributed by atoms with Crippen molar-refractivity contribution in [1.82, 2.24) is 14.7 Å². The van der Waals surface area contributed by atoms with Crippen molar-refractivity contribution in [2.45, 2.75) is 25.0 Å². The second kappa shape index (κ2) is 8.96. The summed E-state index contributed by atoms with van der Waals surface area (Å²) < 4.78 is 6.60. The number of nitrogens with zero attached hydrogens (tertiary/aromatic N) is 3. The van der Waals surface area contributed by atoms with Crippen LogP contribution in [0.15, 0.2) is 75.1 Å². The first-order valence-electron chi connectivity index (χ1n) is 9.49. The summed E-state index contributed by atoms with van der Waals surface area (Å²) in [6, 6.07) is 18.9. The van der Waals surface area contributed by atoms with E-state index in [4.69, 9.17) is 4.52 Å². The second-order valence-corrected chi connectivity index (χ2v) is 7.71. The van der Waals surface area contributed by atoms with Crippen molar-refractivity contribution in [1.29, 1.82) is 0 Å². The summed E-state index contributed by atoms with van der Waals surface area (Å²) in [7, 11) is 0. The number of para-hydroxylation sites is 1. The fourth-order valence-corrected chi connectivity index (χ4v) is 3.90. The summed E-state index contributed by atoms with van der Waals surface area (Å²) in [5, 5.41) is 7.52. The van der Waals surface area contributed by atoms with Gasteiger partial charge >= 0.3 is 0 Å². The number of carbonyl (C=O) groups is 1. The first kappa shape index (κ1) is 19.9. The van der Waals surface area contributed by atoms with Crippen molar-refractivity contribution in [2.75, 3.05) is 11.1 Å². The van der Waals surface area contributed by atoms with Gasteiger partial charge in [0.15, 0.2) is 11.0 Å². The van der Waals surface area contributed by atoms with Crippen LogP contribution in [0.2, 0.25) is 0 Å². The lowest BCUT2D eigenvalue weighted by Gasteiger charge is -2.13. The molecule has 30 heavy (non-hydrogen) atoms. The number of aromatic nitrogens is 3. The molecular formula is C22H20N4O3S. The van der Waals surface area contributed by atoms with E-state index in [0.717, 1.165) is 5.56 Å². The van der Waals surface area contributed by atoms with E-state index in [9.17, 15) is 9.59 Å². The van der Waals surface area contributed by atoms with E-state index in [1.807, 2.05) is 42.5 Å². The average Bonchev–Trinajstić information content (AvgIpc) is 3.17. The molecule has 0 bridgehead atoms. The van der Waals surface area contributed by atoms with Gasteiger partial charge in [0.25, 0.3) is 5.56 Å². The Bertz CT molecular complexity index is 1230. The second-order valence-electron chi connectivity index (χ2n) is 6.76. The van der Waals surface area contributed by atoms with Gasteiger partial charge in [-0.1, -0.05) is 59.4 Å². The zero-order chi connectivity index (χ0) is 20.9. The van der Waals surface area contributed by atoms with Gasteiger partial charge in [0.1, 0.15) is 5.76 Å². The van der Waals surface area contributed by atoms with Gasteiger partial charge in [0.05, 0.1) is 16.7 Å². The molecule has 1 amide bonds. The quantitative estimate of drug-likeness (QED) is 0.362. The Morgan fingerprint density at radius 1 is 1.13 bits per heavy atom. The number of fused-ring (bicyclic) bond motifs is 1. The van der Waals surface area contributed by atoms with Gasteiger partial charge in [-0.25, -0.2) is 4.98 Å². The molecule has 4 aromatic rings. The topological polar surface area (TPSA) is 90.0 Å². The van der Waals surface area contributed by atoms with Crippen LogP contribution in [-0.2, 0) is 17.8 Å². The Morgan fingerprint density at radius 2 is 1.90 bits per heavy atom. The summed E-state index contributed by atoms with van der Waals surface area (Å²) in [4.78, 5) is 30.0. The van der Waals surface area contributed by atoms with E-state index in [1.165, 1.54) is 11.8 Å². The van der Waals surface area contributed by atoms with Gasteiger partial charge in [0, 0.05) is 12.6 Å². The van der Waals surface area contributed by atoms with Crippen LogP contribution in [0.25, 0.3) is 10.9 Å². The van der Waals surface area contributed by atoms with E-state index in [-0.39, 0.29) is 17.2 Å². The fourth-order valence-electron chi connectivity index (χ4n) is 3.07. The predicted octanol–water partition coefficient (Wildman–Crippen LogP) is 3.67. The van der Waals surface area contributed by atoms with Crippen LogP contribution < -0.4 is 10.9 Å². The van der Waals surface area contributed by atoms with Crippen LogP contribution >= 0.6 is 11.8 Å². The molecule has 1 N–H and O–H groups in total. The van der Waals surface area contributed by atoms with Crippen LogP contribution in [0.4, 0.5) is 5.82 Å². The summed E-state index contributed by atoms with van der Waals surface area (Å²) in [6.45, 7) is 2.23. The maximum Gasteiger partial charge on any atom is 0.262 e. The van der Waals surface area contributed by atoms with E-state index in [2.05, 4.69) is 15.5 Å². The van der Waals surface area contributed by atoms with Crippen molar-refractivity contribution in [3.8, 4) is 0 Å². The molecule has 0 atom stereocenters. The van der Waals surface area contributed by atoms with E-state index in [0.29, 0.717) is 40.6 Å². The maximum absolute atomic E-state index is 13.1. The Hall–Kier alpha value is -3.39. The number of hydrogen-bond donors (Lipinski definition) is 1. The number of amides is 1. The van der Waals surface area contributed by atoms with Crippen molar-refractivity contribution in [2.24, 2.45) is 0 Å². The third-order valence-electron chi connectivity index (χ3n) is 4.52. The number of benzene rings is 2. The smallest absolute Gasteiger partial charge is 0.262 e. The van der Waals surface area contributed by atoms with Gasteiger partial charge in [-0.2, -0.15) is 0 Å². The molecule has 8 heteroatoms. The normalized spacial score (nSPS) is 11.0. The molecule has 7 nitrogen and oxygen atoms in total. The van der Waals surface area contributed by atoms with E-state index in [1.54, 1.807) is 29.7 Å². The van der Waals surface area contributed by atoms with Gasteiger partial charge in [-0.3, -0.25) is 14.2 Å². The number of aryl methyl sites for hydroxylation is 2. The summed E-state index contributed by atoms with van der Waals surface area (Å²) >= 11 is 1.23. The summed E-state index contributed by atoms with van der Waals surface area (Å²) in [5.74, 6) is 0.836. The standard InChI is InChI=1S/C22H20N4O3S/c1-15-13-19(25-29-15)24-20(27)14-30-22-23-18-10-6-5-9-17(18)21(28)26(22)12-11-16-7-3-2-4-8-16/h2-10,13H,11-12,14H2,1H3,(H,24,25,27). The van der Waals surface area contributed by atoms with E-state index < -0.39 is 0 Å². The number of hydrogen-bond acceptors (Lipinski definition) is 6. The molecule has 0 aliphatic carbocycles. The van der Waals surface area contributed by atoms with Crippen molar-refractivity contribution in [3.05, 3.63) is 82.3 Å². The van der Waals surface area contributed by atoms with Crippen molar-refractivity contribution in [3.63, 3.8) is 0 Å². The van der Waals surface area contributed by atoms with Gasteiger partial charge in [-0.15, -0.1) is 0 Å². The molecule has 0 fully saturated rings. The van der Waals surface area contributed by atoms with Crippen LogP contribution in [0.5, 0.6) is 0 Å². The molecule has 0 radical (unpaired) electrons. The molecule has 2 heterocycles. The van der Waals surface area contributed by atoms with Crippen molar-refractivity contribution >= 4 is 34.4 Å². The largest absolute Gasteiger partial charge is 0.360 e. The zero-order valence-corrected chi connectivity index (χ0v) is 17.2. The Balaban J connectivity index is 1.56. The third-order valence-corrected chi connectivity index (χ3v) is 5.50. The molecule has 152 valence electrons. The Kier molecular flexibility index (Phi) is 5.94. The highest BCUT2D eigenvalue weighted by Gasteiger charge is 2.14. The molecule has 0 unspecified atom stereocenters. The minimum absolute atomic E-state index is 0.0992. The molecule has 0 spiro atoms. The number of rotatable bonds is 7. The highest BCUT2D eigenvalue weighted by atomic mass is 32.2. The number of thioether (sulfide) groups is 1. The molecule has 0 saturated heterocycles. The van der Waals surface area contributed by atoms with Crippen LogP contribution in [-0.4, -0.2) is 26.4 Å². The van der Waals surface area contributed by atoms with Crippen LogP contribution in [0, 0.1) is 6.92 Å². The number of anilines is 1. The van der Waals surface area contributed by atoms with Crippen LogP contribution in [0.3, 0.4) is 0 Å². The van der Waals surface area contributed by atoms with Gasteiger partial charge in [-0.05, 0) is 31.0 Å². The molecule has 2 aromatic carbocycles. The first-order valence-corrected chi connectivity index (χ1v) is 10.5. The first-order chi connectivity index (χ1) is 14.6. The molecule has 0 saturated carbocycles. The molecule has 0 aliphatic rings. The number of carbonyl (C=O) groups excluding carboxylic acids is 1. The molecule has 4 rings (SSSR count). The lowest BCUT2D eigenvalue weighted by Crippen LogP contribution is -2.25. The van der Waals surface area contributed by atoms with Gasteiger partial charge in [0.2, 0.25) is 5.91 Å². The predicted molar refractivity (Wildman–Crippen MR) is 117 cm³/mol. The monoisotopic (exact) mass is 420 g/mol. The number of nitrogens with one attached hydrogen (secondary N) is 1. The molecule has 2 aromatic heterocycles. The highest BCUT2D eigenvalue weighted by Crippen LogP contribution is 2.19. The lowest BCUT2D eigenvalue weighted by atomic mass is 10.1. The van der Waals surface area contributed by atoms with Crippen LogP contribution in [0.1, 0.15) is 11.3 Å². The zero-order valence-electron chi connectivity index (χ0n) is 16.4. The van der Waals surface area contributed by atoms with E-state index >= 15 is 0 Å². The Labute approximate surface area is 177 Å².